The van der Waals surface area contributed by atoms with E-state index in [0.717, 1.165) is 14.8 Å². The minimum atomic E-state index is -4.01. The molecule has 3 aromatic carbocycles. The van der Waals surface area contributed by atoms with Crippen LogP contribution >= 0.6 is 11.8 Å². The second-order valence-electron chi connectivity index (χ2n) is 7.48. The average molecular weight is 512 g/mol. The number of amides is 1. The van der Waals surface area contributed by atoms with Crippen LogP contribution in [0, 0.1) is 6.92 Å². The van der Waals surface area contributed by atoms with E-state index < -0.39 is 28.4 Å². The summed E-state index contributed by atoms with van der Waals surface area (Å²) in [6.07, 6.45) is 3.31. The number of hydrogen-bond acceptors (Lipinski definition) is 7. The Kier molecular flexibility index (Phi) is 8.67. The number of aryl methyl sites for hydroxylation is 1. The molecule has 0 unspecified atom stereocenters. The number of hydrogen-bond donors (Lipinski definition) is 1. The zero-order valence-corrected chi connectivity index (χ0v) is 21.1. The molecule has 0 bridgehead atoms. The van der Waals surface area contributed by atoms with E-state index in [0.29, 0.717) is 17.0 Å². The maximum atomic E-state index is 13.4. The summed E-state index contributed by atoms with van der Waals surface area (Å²) >= 11 is 1.51. The third kappa shape index (κ3) is 7.17. The summed E-state index contributed by atoms with van der Waals surface area (Å²) in [7, 11) is -4.01. The van der Waals surface area contributed by atoms with E-state index in [1.807, 2.05) is 13.2 Å². The summed E-state index contributed by atoms with van der Waals surface area (Å²) in [5.74, 6) is -0.641. The minimum absolute atomic E-state index is 0.0834. The fourth-order valence-corrected chi connectivity index (χ4v) is 4.86. The lowest BCUT2D eigenvalue weighted by molar-refractivity contribution is -0.131. The molecule has 0 aliphatic heterocycles. The highest BCUT2D eigenvalue weighted by Gasteiger charge is 2.27. The number of carbonyl (C=O) groups excluding carboxylic acids is 2. The van der Waals surface area contributed by atoms with Gasteiger partial charge in [0.05, 0.1) is 16.8 Å². The summed E-state index contributed by atoms with van der Waals surface area (Å²) < 4.78 is 32.9. The number of nitrogens with one attached hydrogen (secondary N) is 1. The molecular weight excluding hydrogens is 486 g/mol. The van der Waals surface area contributed by atoms with Crippen LogP contribution in [0.3, 0.4) is 0 Å². The van der Waals surface area contributed by atoms with Crippen molar-refractivity contribution in [2.24, 2.45) is 5.10 Å². The predicted molar refractivity (Wildman–Crippen MR) is 137 cm³/mol. The smallest absolute Gasteiger partial charge is 0.308 e. The van der Waals surface area contributed by atoms with Crippen LogP contribution in [0.15, 0.2) is 87.7 Å². The van der Waals surface area contributed by atoms with Crippen molar-refractivity contribution in [2.75, 3.05) is 17.1 Å². The number of anilines is 1. The molecule has 3 rings (SSSR count). The van der Waals surface area contributed by atoms with E-state index in [2.05, 4.69) is 10.5 Å². The second kappa shape index (κ2) is 11.7. The highest BCUT2D eigenvalue weighted by atomic mass is 32.2. The van der Waals surface area contributed by atoms with Gasteiger partial charge in [-0.15, -0.1) is 11.8 Å². The number of sulfonamides is 1. The van der Waals surface area contributed by atoms with Crippen molar-refractivity contribution in [1.82, 2.24) is 5.43 Å². The molecule has 1 amide bonds. The normalized spacial score (nSPS) is 11.3. The number of thioether (sulfide) groups is 1. The molecule has 0 radical (unpaired) electrons. The van der Waals surface area contributed by atoms with Crippen LogP contribution in [0.25, 0.3) is 0 Å². The Bertz CT molecular complexity index is 1300. The van der Waals surface area contributed by atoms with Crippen LogP contribution in [0.5, 0.6) is 5.75 Å². The second-order valence-corrected chi connectivity index (χ2v) is 10.2. The van der Waals surface area contributed by atoms with Gasteiger partial charge in [-0.2, -0.15) is 5.10 Å². The van der Waals surface area contributed by atoms with Crippen molar-refractivity contribution in [3.63, 3.8) is 0 Å². The van der Waals surface area contributed by atoms with Crippen LogP contribution in [0.2, 0.25) is 0 Å². The van der Waals surface area contributed by atoms with Gasteiger partial charge in [0, 0.05) is 11.8 Å². The number of esters is 1. The molecular formula is C25H25N3O5S2. The first-order valence-electron chi connectivity index (χ1n) is 10.5. The van der Waals surface area contributed by atoms with Gasteiger partial charge in [-0.05, 0) is 79.4 Å². The number of rotatable bonds is 9. The molecule has 0 aliphatic rings. The Morgan fingerprint density at radius 3 is 2.20 bits per heavy atom. The molecule has 8 nitrogen and oxygen atoms in total. The molecule has 0 heterocycles. The Morgan fingerprint density at radius 2 is 1.63 bits per heavy atom. The van der Waals surface area contributed by atoms with Gasteiger partial charge in [0.2, 0.25) is 0 Å². The largest absolute Gasteiger partial charge is 0.427 e. The number of hydrazone groups is 1. The summed E-state index contributed by atoms with van der Waals surface area (Å²) in [5, 5.41) is 3.91. The summed E-state index contributed by atoms with van der Waals surface area (Å²) in [5.41, 5.74) is 4.35. The highest BCUT2D eigenvalue weighted by Crippen LogP contribution is 2.25. The Hall–Kier alpha value is -3.63. The molecule has 0 saturated carbocycles. The van der Waals surface area contributed by atoms with E-state index >= 15 is 0 Å². The molecule has 0 atom stereocenters. The Morgan fingerprint density at radius 1 is 1.00 bits per heavy atom. The van der Waals surface area contributed by atoms with Crippen molar-refractivity contribution in [2.45, 2.75) is 23.6 Å². The van der Waals surface area contributed by atoms with Crippen molar-refractivity contribution < 1.29 is 22.7 Å². The maximum Gasteiger partial charge on any atom is 0.308 e. The topological polar surface area (TPSA) is 105 Å². The van der Waals surface area contributed by atoms with Crippen LogP contribution in [-0.4, -0.2) is 39.3 Å². The summed E-state index contributed by atoms with van der Waals surface area (Å²) in [6, 6.07) is 19.9. The molecule has 182 valence electrons. The molecule has 1 N–H and O–H groups in total. The van der Waals surface area contributed by atoms with Gasteiger partial charge >= 0.3 is 5.97 Å². The molecule has 0 aliphatic carbocycles. The lowest BCUT2D eigenvalue weighted by atomic mass is 10.2. The van der Waals surface area contributed by atoms with Crippen molar-refractivity contribution in [3.05, 3.63) is 83.9 Å². The summed E-state index contributed by atoms with van der Waals surface area (Å²) in [4.78, 5) is 24.7. The molecule has 0 saturated heterocycles. The highest BCUT2D eigenvalue weighted by molar-refractivity contribution is 7.98. The molecule has 35 heavy (non-hydrogen) atoms. The number of nitrogens with zero attached hydrogens (tertiary/aromatic N) is 2. The molecule has 0 spiro atoms. The van der Waals surface area contributed by atoms with Crippen molar-refractivity contribution in [1.29, 1.82) is 0 Å². The SMILES string of the molecule is CSc1ccc(S(=O)(=O)N(CC(=O)N/N=C\c2ccc(OC(C)=O)cc2)c2ccc(C)cc2)cc1. The van der Waals surface area contributed by atoms with Crippen molar-refractivity contribution in [3.8, 4) is 5.75 Å². The van der Waals surface area contributed by atoms with Crippen LogP contribution < -0.4 is 14.5 Å². The van der Waals surface area contributed by atoms with Gasteiger partial charge in [0.25, 0.3) is 15.9 Å². The zero-order chi connectivity index (χ0) is 25.4. The van der Waals surface area contributed by atoms with E-state index in [-0.39, 0.29) is 4.90 Å². The van der Waals surface area contributed by atoms with Gasteiger partial charge in [0.1, 0.15) is 12.3 Å². The van der Waals surface area contributed by atoms with Crippen LogP contribution in [-0.2, 0) is 19.6 Å². The fraction of sp³-hybridized carbons (Fsp3) is 0.160. The molecule has 0 aromatic heterocycles. The molecule has 10 heteroatoms. The van der Waals surface area contributed by atoms with Gasteiger partial charge in [-0.3, -0.25) is 13.9 Å². The fourth-order valence-electron chi connectivity index (χ4n) is 3.03. The Labute approximate surface area is 209 Å². The third-order valence-electron chi connectivity index (χ3n) is 4.80. The minimum Gasteiger partial charge on any atom is -0.427 e. The lowest BCUT2D eigenvalue weighted by Crippen LogP contribution is -2.39. The monoisotopic (exact) mass is 511 g/mol. The van der Waals surface area contributed by atoms with E-state index in [1.165, 1.54) is 37.0 Å². The van der Waals surface area contributed by atoms with Gasteiger partial charge in [-0.1, -0.05) is 17.7 Å². The number of benzene rings is 3. The zero-order valence-electron chi connectivity index (χ0n) is 19.5. The summed E-state index contributed by atoms with van der Waals surface area (Å²) in [6.45, 7) is 2.74. The first-order chi connectivity index (χ1) is 16.7. The molecule has 3 aromatic rings. The van der Waals surface area contributed by atoms with E-state index in [9.17, 15) is 18.0 Å². The standard InChI is InChI=1S/C25H25N3O5S2/c1-18-4-8-21(9-5-18)28(35(31,32)24-14-12-23(34-3)13-15-24)17-25(30)27-26-16-20-6-10-22(11-7-20)33-19(2)29/h4-16H,17H2,1-3H3,(H,27,30)/b26-16-. The van der Waals surface area contributed by atoms with E-state index in [1.54, 1.807) is 60.7 Å². The maximum absolute atomic E-state index is 13.4. The van der Waals surface area contributed by atoms with Gasteiger partial charge in [0.15, 0.2) is 0 Å². The molecule has 0 fully saturated rings. The average Bonchev–Trinajstić information content (AvgIpc) is 2.84. The first kappa shape index (κ1) is 26.0. The quantitative estimate of drug-likeness (QED) is 0.153. The van der Waals surface area contributed by atoms with Crippen LogP contribution in [0.1, 0.15) is 18.1 Å². The van der Waals surface area contributed by atoms with Crippen LogP contribution in [0.4, 0.5) is 5.69 Å². The number of ether oxygens (including phenoxy) is 1. The predicted octanol–water partition coefficient (Wildman–Crippen LogP) is 3.99. The van der Waals surface area contributed by atoms with Gasteiger partial charge < -0.3 is 4.74 Å². The number of carbonyl (C=O) groups is 2. The van der Waals surface area contributed by atoms with Crippen molar-refractivity contribution >= 4 is 45.6 Å². The third-order valence-corrected chi connectivity index (χ3v) is 7.33. The first-order valence-corrected chi connectivity index (χ1v) is 13.2. The van der Waals surface area contributed by atoms with Gasteiger partial charge in [-0.25, -0.2) is 13.8 Å². The lowest BCUT2D eigenvalue weighted by Gasteiger charge is -2.24. The van der Waals surface area contributed by atoms with E-state index in [4.69, 9.17) is 4.74 Å². The Balaban J connectivity index is 1.77.